The van der Waals surface area contributed by atoms with E-state index in [0.717, 1.165) is 18.8 Å². The molecule has 0 aliphatic carbocycles. The topological polar surface area (TPSA) is 56.7 Å². The summed E-state index contributed by atoms with van der Waals surface area (Å²) in [6, 6.07) is 10.6. The van der Waals surface area contributed by atoms with Crippen molar-refractivity contribution < 1.29 is 0 Å². The van der Waals surface area contributed by atoms with E-state index in [1.165, 1.54) is 5.56 Å². The fraction of sp³-hybridized carbons (Fsp3) is 0.385. The summed E-state index contributed by atoms with van der Waals surface area (Å²) in [7, 11) is 0. The van der Waals surface area contributed by atoms with Crippen LogP contribution in [0.1, 0.15) is 24.2 Å². The first-order valence-corrected chi connectivity index (χ1v) is 5.98. The zero-order valence-electron chi connectivity index (χ0n) is 9.87. The van der Waals surface area contributed by atoms with Crippen LogP contribution in [0.2, 0.25) is 0 Å². The average molecular weight is 228 g/mol. The summed E-state index contributed by atoms with van der Waals surface area (Å²) in [6.45, 7) is 3.15. The number of rotatable bonds is 1. The second kappa shape index (κ2) is 3.87. The molecule has 1 aliphatic rings. The molecule has 88 valence electrons. The fourth-order valence-corrected chi connectivity index (χ4v) is 2.62. The average Bonchev–Trinajstić information content (AvgIpc) is 2.68. The molecule has 2 aromatic rings. The first-order valence-electron chi connectivity index (χ1n) is 5.98. The Hall–Kier alpha value is -1.84. The summed E-state index contributed by atoms with van der Waals surface area (Å²) in [5.74, 6) is 2.49. The van der Waals surface area contributed by atoms with Crippen LogP contribution in [-0.4, -0.2) is 14.8 Å². The maximum atomic E-state index is 5.64. The van der Waals surface area contributed by atoms with E-state index in [9.17, 15) is 0 Å². The molecule has 1 aromatic carbocycles. The second-order valence-electron chi connectivity index (χ2n) is 4.77. The van der Waals surface area contributed by atoms with Gasteiger partial charge < -0.3 is 5.73 Å². The third-order valence-corrected chi connectivity index (χ3v) is 3.55. The van der Waals surface area contributed by atoms with Crippen molar-refractivity contribution in [3.05, 3.63) is 41.7 Å². The van der Waals surface area contributed by atoms with E-state index >= 15 is 0 Å². The molecule has 4 nitrogen and oxygen atoms in total. The molecular formula is C13H16N4. The van der Waals surface area contributed by atoms with Gasteiger partial charge >= 0.3 is 0 Å². The Morgan fingerprint density at radius 2 is 2.06 bits per heavy atom. The third-order valence-electron chi connectivity index (χ3n) is 3.55. The van der Waals surface area contributed by atoms with Gasteiger partial charge in [-0.1, -0.05) is 37.3 Å². The Kier molecular flexibility index (Phi) is 2.35. The molecular weight excluding hydrogens is 212 g/mol. The minimum absolute atomic E-state index is 0.390. The largest absolute Gasteiger partial charge is 0.366 e. The highest BCUT2D eigenvalue weighted by Crippen LogP contribution is 2.32. The lowest BCUT2D eigenvalue weighted by Crippen LogP contribution is -2.27. The lowest BCUT2D eigenvalue weighted by molar-refractivity contribution is 0.330. The van der Waals surface area contributed by atoms with Crippen LogP contribution in [0, 0.1) is 5.92 Å². The lowest BCUT2D eigenvalue weighted by Gasteiger charge is -2.29. The van der Waals surface area contributed by atoms with E-state index in [4.69, 9.17) is 5.73 Å². The molecule has 4 heteroatoms. The van der Waals surface area contributed by atoms with Gasteiger partial charge in [0.1, 0.15) is 5.82 Å². The van der Waals surface area contributed by atoms with Gasteiger partial charge in [-0.05, 0) is 11.5 Å². The van der Waals surface area contributed by atoms with E-state index in [-0.39, 0.29) is 0 Å². The van der Waals surface area contributed by atoms with Gasteiger partial charge in [0.05, 0.1) is 6.54 Å². The lowest BCUT2D eigenvalue weighted by atomic mass is 9.83. The molecule has 0 radical (unpaired) electrons. The monoisotopic (exact) mass is 228 g/mol. The SMILES string of the molecule is CC1Cc2nc(N)nn2CC1c1ccccc1. The van der Waals surface area contributed by atoms with Crippen LogP contribution < -0.4 is 5.73 Å². The van der Waals surface area contributed by atoms with Crippen molar-refractivity contribution in [3.63, 3.8) is 0 Å². The number of nitrogens with zero attached hydrogens (tertiary/aromatic N) is 3. The van der Waals surface area contributed by atoms with Crippen LogP contribution in [-0.2, 0) is 13.0 Å². The van der Waals surface area contributed by atoms with Crippen molar-refractivity contribution in [1.82, 2.24) is 14.8 Å². The molecule has 0 spiro atoms. The Labute approximate surface area is 100 Å². The molecule has 2 atom stereocenters. The number of anilines is 1. The van der Waals surface area contributed by atoms with Gasteiger partial charge in [-0.15, -0.1) is 5.10 Å². The molecule has 0 bridgehead atoms. The van der Waals surface area contributed by atoms with Gasteiger partial charge in [-0.2, -0.15) is 4.98 Å². The molecule has 0 amide bonds. The Morgan fingerprint density at radius 1 is 1.29 bits per heavy atom. The number of nitrogen functional groups attached to an aromatic ring is 1. The van der Waals surface area contributed by atoms with E-state index in [2.05, 4.69) is 47.3 Å². The maximum absolute atomic E-state index is 5.64. The minimum atomic E-state index is 0.390. The van der Waals surface area contributed by atoms with E-state index < -0.39 is 0 Å². The molecule has 2 heterocycles. The molecule has 0 fully saturated rings. The van der Waals surface area contributed by atoms with Crippen molar-refractivity contribution in [2.45, 2.75) is 25.8 Å². The second-order valence-corrected chi connectivity index (χ2v) is 4.77. The van der Waals surface area contributed by atoms with Crippen LogP contribution in [0.4, 0.5) is 5.95 Å². The predicted octanol–water partition coefficient (Wildman–Crippen LogP) is 1.84. The number of hydrogen-bond acceptors (Lipinski definition) is 3. The number of nitrogens with two attached hydrogens (primary N) is 1. The normalized spacial score (nSPS) is 23.4. The van der Waals surface area contributed by atoms with Gasteiger partial charge in [-0.25, -0.2) is 4.68 Å². The van der Waals surface area contributed by atoms with Crippen molar-refractivity contribution in [3.8, 4) is 0 Å². The molecule has 1 aliphatic heterocycles. The highest BCUT2D eigenvalue weighted by atomic mass is 15.4. The Bertz CT molecular complexity index is 517. The van der Waals surface area contributed by atoms with Crippen LogP contribution in [0.5, 0.6) is 0 Å². The number of aromatic nitrogens is 3. The molecule has 1 aromatic heterocycles. The standard InChI is InChI=1S/C13H16N4/c1-9-7-12-15-13(14)16-17(12)8-11(9)10-5-3-2-4-6-10/h2-6,9,11H,7-8H2,1H3,(H2,14,16). The summed E-state index contributed by atoms with van der Waals surface area (Å²) >= 11 is 0. The molecule has 2 unspecified atom stereocenters. The summed E-state index contributed by atoms with van der Waals surface area (Å²) in [4.78, 5) is 4.26. The summed E-state index contributed by atoms with van der Waals surface area (Å²) in [5, 5.41) is 4.24. The third kappa shape index (κ3) is 1.79. The van der Waals surface area contributed by atoms with E-state index in [0.29, 0.717) is 17.8 Å². The molecule has 0 saturated heterocycles. The molecule has 17 heavy (non-hydrogen) atoms. The first kappa shape index (κ1) is 10.3. The highest BCUT2D eigenvalue weighted by Gasteiger charge is 2.28. The Morgan fingerprint density at radius 3 is 2.82 bits per heavy atom. The number of benzene rings is 1. The molecule has 0 saturated carbocycles. The van der Waals surface area contributed by atoms with Gasteiger partial charge in [-0.3, -0.25) is 0 Å². The van der Waals surface area contributed by atoms with Gasteiger partial charge in [0, 0.05) is 12.3 Å². The van der Waals surface area contributed by atoms with Gasteiger partial charge in [0.25, 0.3) is 0 Å². The van der Waals surface area contributed by atoms with Crippen LogP contribution in [0.25, 0.3) is 0 Å². The summed E-state index contributed by atoms with van der Waals surface area (Å²) in [5.41, 5.74) is 7.02. The van der Waals surface area contributed by atoms with Gasteiger partial charge in [0.2, 0.25) is 5.95 Å². The maximum Gasteiger partial charge on any atom is 0.239 e. The Balaban J connectivity index is 1.94. The molecule has 2 N–H and O–H groups in total. The zero-order valence-corrected chi connectivity index (χ0v) is 9.87. The van der Waals surface area contributed by atoms with Crippen molar-refractivity contribution >= 4 is 5.95 Å². The first-order chi connectivity index (χ1) is 8.24. The minimum Gasteiger partial charge on any atom is -0.366 e. The summed E-state index contributed by atoms with van der Waals surface area (Å²) < 4.78 is 1.95. The highest BCUT2D eigenvalue weighted by molar-refractivity contribution is 5.23. The summed E-state index contributed by atoms with van der Waals surface area (Å²) in [6.07, 6.45) is 0.948. The quantitative estimate of drug-likeness (QED) is 0.810. The van der Waals surface area contributed by atoms with Crippen molar-refractivity contribution in [2.24, 2.45) is 5.92 Å². The van der Waals surface area contributed by atoms with Crippen molar-refractivity contribution in [1.29, 1.82) is 0 Å². The van der Waals surface area contributed by atoms with E-state index in [1.54, 1.807) is 0 Å². The smallest absolute Gasteiger partial charge is 0.239 e. The van der Waals surface area contributed by atoms with Crippen LogP contribution >= 0.6 is 0 Å². The number of fused-ring (bicyclic) bond motifs is 1. The zero-order chi connectivity index (χ0) is 11.8. The fourth-order valence-electron chi connectivity index (χ4n) is 2.62. The van der Waals surface area contributed by atoms with Crippen LogP contribution in [0.3, 0.4) is 0 Å². The molecule has 3 rings (SSSR count). The van der Waals surface area contributed by atoms with Gasteiger partial charge in [0.15, 0.2) is 0 Å². The van der Waals surface area contributed by atoms with Crippen LogP contribution in [0.15, 0.2) is 30.3 Å². The number of hydrogen-bond donors (Lipinski definition) is 1. The van der Waals surface area contributed by atoms with Crippen molar-refractivity contribution in [2.75, 3.05) is 5.73 Å². The predicted molar refractivity (Wildman–Crippen MR) is 66.5 cm³/mol. The van der Waals surface area contributed by atoms with E-state index in [1.807, 2.05) is 4.68 Å².